The van der Waals surface area contributed by atoms with Crippen molar-refractivity contribution >= 4 is 11.9 Å². The van der Waals surface area contributed by atoms with E-state index in [4.69, 9.17) is 9.47 Å². The van der Waals surface area contributed by atoms with E-state index in [0.717, 1.165) is 116 Å². The molecule has 0 radical (unpaired) electrons. The lowest BCUT2D eigenvalue weighted by Gasteiger charge is -2.15. The van der Waals surface area contributed by atoms with Crippen LogP contribution in [-0.4, -0.2) is 36.4 Å². The highest BCUT2D eigenvalue weighted by atomic mass is 16.6. The first-order chi connectivity index (χ1) is 43.6. The zero-order chi connectivity index (χ0) is 63.3. The molecule has 0 fully saturated rings. The first kappa shape index (κ1) is 83.8. The predicted octanol–water partition coefficient (Wildman–Crippen LogP) is 26.4. The molecule has 0 saturated carbocycles. The molecule has 0 spiro atoms. The van der Waals surface area contributed by atoms with Gasteiger partial charge in [0.05, 0.1) is 6.61 Å². The van der Waals surface area contributed by atoms with Crippen molar-refractivity contribution < 1.29 is 24.2 Å². The SMILES string of the molecule is CC/C=C\C/C=C\C/C=C\C/C=C\C/C=C\C/C=C\C/C=C\C/C=C\C/C=C\C/C=C\CCCCCCCCCCC(=O)OC(CO)COC(=O)CCCCCCCCCCCCCCCCCCCCCCCCC/C=C\C/C=C\CCCCCCC. The molecule has 0 bridgehead atoms. The molecule has 0 rings (SSSR count). The van der Waals surface area contributed by atoms with Gasteiger partial charge < -0.3 is 14.6 Å². The normalized spacial score (nSPS) is 13.1. The summed E-state index contributed by atoms with van der Waals surface area (Å²) in [6.07, 6.45) is 116. The lowest BCUT2D eigenvalue weighted by atomic mass is 10.0. The number of unbranched alkanes of at least 4 members (excludes halogenated alkanes) is 36. The quantitative estimate of drug-likeness (QED) is 0.0373. The molecule has 1 N–H and O–H groups in total. The van der Waals surface area contributed by atoms with Crippen molar-refractivity contribution in [2.75, 3.05) is 13.2 Å². The van der Waals surface area contributed by atoms with Crippen LogP contribution in [-0.2, 0) is 19.1 Å². The van der Waals surface area contributed by atoms with E-state index in [-0.39, 0.29) is 25.2 Å². The van der Waals surface area contributed by atoms with E-state index < -0.39 is 6.10 Å². The molecule has 0 aromatic heterocycles. The van der Waals surface area contributed by atoms with E-state index >= 15 is 0 Å². The van der Waals surface area contributed by atoms with Crippen molar-refractivity contribution in [3.05, 3.63) is 146 Å². The van der Waals surface area contributed by atoms with Crippen LogP contribution in [0.15, 0.2) is 146 Å². The topological polar surface area (TPSA) is 72.8 Å². The lowest BCUT2D eigenvalue weighted by Crippen LogP contribution is -2.28. The minimum absolute atomic E-state index is 0.0733. The van der Waals surface area contributed by atoms with Gasteiger partial charge in [0.1, 0.15) is 6.61 Å². The fourth-order valence-corrected chi connectivity index (χ4v) is 10.6. The molecule has 5 nitrogen and oxygen atoms in total. The maximum Gasteiger partial charge on any atom is 0.306 e. The number of hydrogen-bond acceptors (Lipinski definition) is 5. The number of allylic oxidation sites excluding steroid dienone is 24. The fourth-order valence-electron chi connectivity index (χ4n) is 10.6. The molecule has 88 heavy (non-hydrogen) atoms. The van der Waals surface area contributed by atoms with Crippen LogP contribution in [0.5, 0.6) is 0 Å². The number of carbonyl (C=O) groups excluding carboxylic acids is 2. The third kappa shape index (κ3) is 74.2. The molecular weight excluding hydrogens is 1080 g/mol. The van der Waals surface area contributed by atoms with Crippen molar-refractivity contribution in [3.8, 4) is 0 Å². The summed E-state index contributed by atoms with van der Waals surface area (Å²) in [5.41, 5.74) is 0. The summed E-state index contributed by atoms with van der Waals surface area (Å²) >= 11 is 0. The van der Waals surface area contributed by atoms with E-state index in [1.54, 1.807) is 0 Å². The number of carbonyl (C=O) groups is 2. The summed E-state index contributed by atoms with van der Waals surface area (Å²) in [5, 5.41) is 9.72. The van der Waals surface area contributed by atoms with E-state index in [1.165, 1.54) is 205 Å². The molecule has 502 valence electrons. The zero-order valence-electron chi connectivity index (χ0n) is 57.7. The van der Waals surface area contributed by atoms with Gasteiger partial charge in [-0.25, -0.2) is 0 Å². The lowest BCUT2D eigenvalue weighted by molar-refractivity contribution is -0.161. The van der Waals surface area contributed by atoms with Gasteiger partial charge in [0, 0.05) is 12.8 Å². The van der Waals surface area contributed by atoms with Gasteiger partial charge in [0.2, 0.25) is 0 Å². The first-order valence-electron chi connectivity index (χ1n) is 37.4. The highest BCUT2D eigenvalue weighted by Gasteiger charge is 2.16. The fraction of sp³-hybridized carbons (Fsp3) is 0.687. The second-order valence-corrected chi connectivity index (χ2v) is 24.6. The number of aliphatic hydroxyl groups is 1. The Kier molecular flexibility index (Phi) is 73.3. The highest BCUT2D eigenvalue weighted by molar-refractivity contribution is 5.70. The first-order valence-corrected chi connectivity index (χ1v) is 37.4. The van der Waals surface area contributed by atoms with E-state index in [0.29, 0.717) is 12.8 Å². The Bertz CT molecular complexity index is 1810. The summed E-state index contributed by atoms with van der Waals surface area (Å²) in [6.45, 7) is 4.04. The molecule has 0 saturated heterocycles. The summed E-state index contributed by atoms with van der Waals surface area (Å²) in [6, 6.07) is 0. The molecule has 0 heterocycles. The second kappa shape index (κ2) is 77.0. The maximum atomic E-state index is 12.4. The van der Waals surface area contributed by atoms with Crippen LogP contribution in [0.25, 0.3) is 0 Å². The monoisotopic (exact) mass is 1220 g/mol. The Labute approximate surface area is 546 Å². The summed E-state index contributed by atoms with van der Waals surface area (Å²) in [7, 11) is 0. The van der Waals surface area contributed by atoms with E-state index in [1.807, 2.05) is 0 Å². The number of aliphatic hydroxyl groups excluding tert-OH is 1. The summed E-state index contributed by atoms with van der Waals surface area (Å²) in [4.78, 5) is 24.7. The zero-order valence-corrected chi connectivity index (χ0v) is 57.7. The van der Waals surface area contributed by atoms with Gasteiger partial charge >= 0.3 is 11.9 Å². The second-order valence-electron chi connectivity index (χ2n) is 24.6. The van der Waals surface area contributed by atoms with Gasteiger partial charge in [-0.05, 0) is 122 Å². The molecule has 1 unspecified atom stereocenters. The van der Waals surface area contributed by atoms with Crippen LogP contribution in [0.3, 0.4) is 0 Å². The smallest absolute Gasteiger partial charge is 0.306 e. The molecule has 1 atom stereocenters. The molecule has 0 amide bonds. The molecule has 0 aliphatic rings. The van der Waals surface area contributed by atoms with E-state index in [2.05, 4.69) is 160 Å². The van der Waals surface area contributed by atoms with Crippen LogP contribution < -0.4 is 0 Å². The molecular formula is C83H140O5. The van der Waals surface area contributed by atoms with Gasteiger partial charge in [-0.3, -0.25) is 9.59 Å². The molecule has 0 aromatic rings. The van der Waals surface area contributed by atoms with Gasteiger partial charge in [-0.1, -0.05) is 359 Å². The summed E-state index contributed by atoms with van der Waals surface area (Å²) in [5.74, 6) is -0.594. The molecule has 0 aliphatic carbocycles. The molecule has 5 heteroatoms. The minimum Gasteiger partial charge on any atom is -0.462 e. The number of rotatable bonds is 68. The Morgan fingerprint density at radius 1 is 0.273 bits per heavy atom. The van der Waals surface area contributed by atoms with Gasteiger partial charge in [-0.2, -0.15) is 0 Å². The van der Waals surface area contributed by atoms with Crippen molar-refractivity contribution in [1.82, 2.24) is 0 Å². The third-order valence-corrected chi connectivity index (χ3v) is 16.1. The standard InChI is InChI=1S/C83H140O5/c1-3-5-7-9-11-13-15-17-19-21-23-25-27-29-31-33-35-37-39-40-41-42-44-46-48-50-52-54-56-58-60-62-64-66-68-70-72-74-76-78-83(86)88-81(79-84)80-87-82(85)77-75-73-71-69-67-65-63-61-59-57-55-53-51-49-47-45-43-38-36-34-32-30-28-26-24-22-20-18-16-14-12-10-8-6-4-2/h5,7,11,13,16-19,22-25,29,31,35,37,40-41,44,46,50,52,56,58,81,84H,3-4,6,8-10,12,14-15,20-21,26-28,30,32-34,36,38-39,42-43,45,47-49,51,53-55,57,59-80H2,1-2H3/b7-5-,13-11-,18-16-,19-17-,24-22-,25-23-,31-29-,37-35-,41-40-,46-44-,52-50-,58-56-. The van der Waals surface area contributed by atoms with Crippen LogP contribution in [0.2, 0.25) is 0 Å². The van der Waals surface area contributed by atoms with Crippen molar-refractivity contribution in [1.29, 1.82) is 0 Å². The predicted molar refractivity (Wildman–Crippen MR) is 389 cm³/mol. The van der Waals surface area contributed by atoms with Crippen LogP contribution in [0.4, 0.5) is 0 Å². The van der Waals surface area contributed by atoms with E-state index in [9.17, 15) is 14.7 Å². The highest BCUT2D eigenvalue weighted by Crippen LogP contribution is 2.18. The Morgan fingerprint density at radius 2 is 0.489 bits per heavy atom. The van der Waals surface area contributed by atoms with Crippen LogP contribution in [0, 0.1) is 0 Å². The molecule has 0 aliphatic heterocycles. The Balaban J connectivity index is 3.51. The minimum atomic E-state index is -0.786. The van der Waals surface area contributed by atoms with Crippen LogP contribution in [0.1, 0.15) is 348 Å². The van der Waals surface area contributed by atoms with Gasteiger partial charge in [0.25, 0.3) is 0 Å². The maximum absolute atomic E-state index is 12.4. The van der Waals surface area contributed by atoms with Gasteiger partial charge in [0.15, 0.2) is 6.10 Å². The van der Waals surface area contributed by atoms with Gasteiger partial charge in [-0.15, -0.1) is 0 Å². The molecule has 0 aromatic carbocycles. The Hall–Kier alpha value is -4.22. The number of hydrogen-bond donors (Lipinski definition) is 1. The summed E-state index contributed by atoms with van der Waals surface area (Å²) < 4.78 is 10.8. The average Bonchev–Trinajstić information content (AvgIpc) is 3.54. The van der Waals surface area contributed by atoms with Crippen molar-refractivity contribution in [2.24, 2.45) is 0 Å². The third-order valence-electron chi connectivity index (χ3n) is 16.1. The number of ether oxygens (including phenoxy) is 2. The van der Waals surface area contributed by atoms with Crippen molar-refractivity contribution in [3.63, 3.8) is 0 Å². The van der Waals surface area contributed by atoms with Crippen LogP contribution >= 0.6 is 0 Å². The largest absolute Gasteiger partial charge is 0.462 e. The number of esters is 2. The average molecular weight is 1220 g/mol. The van der Waals surface area contributed by atoms with Crippen molar-refractivity contribution in [2.45, 2.75) is 354 Å². The Morgan fingerprint density at radius 3 is 0.739 bits per heavy atom.